The van der Waals surface area contributed by atoms with E-state index in [4.69, 9.17) is 5.73 Å². The smallest absolute Gasteiger partial charge is 0.0172 e. The second kappa shape index (κ2) is 3.94. The Kier molecular flexibility index (Phi) is 4.96. The van der Waals surface area contributed by atoms with Crippen LogP contribution in [0.2, 0.25) is 0 Å². The first-order valence-corrected chi connectivity index (χ1v) is 3.68. The Balaban J connectivity index is 0. The molecule has 0 fully saturated rings. The first kappa shape index (κ1) is 12.6. The molecule has 0 saturated heterocycles. The molecule has 0 spiro atoms. The van der Waals surface area contributed by atoms with Gasteiger partial charge in [0.25, 0.3) is 0 Å². The summed E-state index contributed by atoms with van der Waals surface area (Å²) in [5.41, 5.74) is 6.00. The molecule has 0 aliphatic carbocycles. The van der Waals surface area contributed by atoms with Gasteiger partial charge < -0.3 is 11.9 Å². The van der Waals surface area contributed by atoms with Crippen molar-refractivity contribution in [3.05, 3.63) is 0 Å². The van der Waals surface area contributed by atoms with E-state index in [1.54, 1.807) is 0 Å². The molecule has 0 saturated carbocycles. The van der Waals surface area contributed by atoms with E-state index >= 15 is 0 Å². The van der Waals surface area contributed by atoms with Gasteiger partial charge in [-0.05, 0) is 18.8 Å². The lowest BCUT2D eigenvalue weighted by Gasteiger charge is -2.33. The van der Waals surface area contributed by atoms with Crippen LogP contribution in [0.4, 0.5) is 0 Å². The standard InChI is InChI=1S/C8H19N.H3N/c1-6(2)8(5,9)7(3)4;/h6-7H,9H2,1-5H3;1H3. The van der Waals surface area contributed by atoms with Crippen molar-refractivity contribution in [1.29, 1.82) is 0 Å². The number of nitrogens with two attached hydrogens (primary N) is 1. The fourth-order valence-corrected chi connectivity index (χ4v) is 0.667. The molecule has 64 valence electrons. The van der Waals surface area contributed by atoms with E-state index in [-0.39, 0.29) is 11.7 Å². The molecular weight excluding hydrogens is 124 g/mol. The zero-order chi connectivity index (χ0) is 7.65. The van der Waals surface area contributed by atoms with Gasteiger partial charge in [0.15, 0.2) is 0 Å². The molecule has 0 heterocycles. The summed E-state index contributed by atoms with van der Waals surface area (Å²) in [6, 6.07) is 0. The maximum atomic E-state index is 6.00. The van der Waals surface area contributed by atoms with Crippen molar-refractivity contribution in [2.75, 3.05) is 0 Å². The first-order chi connectivity index (χ1) is 3.89. The molecule has 0 rings (SSSR count). The third-order valence-corrected chi connectivity index (χ3v) is 2.49. The van der Waals surface area contributed by atoms with Gasteiger partial charge in [-0.25, -0.2) is 0 Å². The molecule has 0 bridgehead atoms. The van der Waals surface area contributed by atoms with Gasteiger partial charge >= 0.3 is 0 Å². The maximum Gasteiger partial charge on any atom is 0.0172 e. The van der Waals surface area contributed by atoms with Crippen molar-refractivity contribution in [1.82, 2.24) is 6.15 Å². The molecule has 0 aromatic carbocycles. The van der Waals surface area contributed by atoms with Crippen LogP contribution in [0, 0.1) is 11.8 Å². The summed E-state index contributed by atoms with van der Waals surface area (Å²) in [5, 5.41) is 0. The quantitative estimate of drug-likeness (QED) is 0.627. The van der Waals surface area contributed by atoms with E-state index < -0.39 is 0 Å². The molecule has 0 amide bonds. The van der Waals surface area contributed by atoms with E-state index in [0.29, 0.717) is 11.8 Å². The minimum absolute atomic E-state index is 0. The highest BCUT2D eigenvalue weighted by molar-refractivity contribution is 4.84. The highest BCUT2D eigenvalue weighted by atomic mass is 14.7. The fraction of sp³-hybridized carbons (Fsp3) is 1.00. The SMILES string of the molecule is CC(C)C(C)(N)C(C)C.N. The lowest BCUT2D eigenvalue weighted by molar-refractivity contribution is 0.250. The third-order valence-electron chi connectivity index (χ3n) is 2.49. The van der Waals surface area contributed by atoms with Crippen molar-refractivity contribution in [3.63, 3.8) is 0 Å². The Hall–Kier alpha value is -0.0800. The predicted molar refractivity (Wildman–Crippen MR) is 47.3 cm³/mol. The highest BCUT2D eigenvalue weighted by Gasteiger charge is 2.26. The van der Waals surface area contributed by atoms with Crippen LogP contribution in [-0.4, -0.2) is 5.54 Å². The molecule has 10 heavy (non-hydrogen) atoms. The number of hydrogen-bond donors (Lipinski definition) is 2. The normalized spacial score (nSPS) is 12.0. The van der Waals surface area contributed by atoms with Gasteiger partial charge in [0.2, 0.25) is 0 Å². The van der Waals surface area contributed by atoms with E-state index in [1.807, 2.05) is 0 Å². The molecular formula is C8H22N2. The summed E-state index contributed by atoms with van der Waals surface area (Å²) in [5.74, 6) is 1.13. The Bertz CT molecular complexity index is 75.3. The minimum Gasteiger partial charge on any atom is -0.344 e. The molecule has 0 aromatic rings. The zero-order valence-electron chi connectivity index (χ0n) is 7.94. The topological polar surface area (TPSA) is 61.0 Å². The summed E-state index contributed by atoms with van der Waals surface area (Å²) in [4.78, 5) is 0. The van der Waals surface area contributed by atoms with Crippen molar-refractivity contribution in [3.8, 4) is 0 Å². The third kappa shape index (κ3) is 2.67. The number of rotatable bonds is 2. The minimum atomic E-state index is 0. The Morgan fingerprint density at radius 3 is 1.20 bits per heavy atom. The molecule has 0 aliphatic heterocycles. The molecule has 0 aliphatic rings. The second-order valence-electron chi connectivity index (χ2n) is 3.68. The Morgan fingerprint density at radius 1 is 1.00 bits per heavy atom. The van der Waals surface area contributed by atoms with Gasteiger partial charge in [0, 0.05) is 5.54 Å². The van der Waals surface area contributed by atoms with Crippen LogP contribution < -0.4 is 11.9 Å². The predicted octanol–water partition coefficient (Wildman–Crippen LogP) is 2.18. The summed E-state index contributed by atoms with van der Waals surface area (Å²) in [7, 11) is 0. The monoisotopic (exact) mass is 146 g/mol. The maximum absolute atomic E-state index is 6.00. The average molecular weight is 146 g/mol. The summed E-state index contributed by atoms with van der Waals surface area (Å²) < 4.78 is 0. The Labute approximate surface area is 64.8 Å². The molecule has 2 heteroatoms. The van der Waals surface area contributed by atoms with E-state index in [1.165, 1.54) is 0 Å². The second-order valence-corrected chi connectivity index (χ2v) is 3.68. The lowest BCUT2D eigenvalue weighted by Crippen LogP contribution is -2.46. The van der Waals surface area contributed by atoms with Gasteiger partial charge in [-0.15, -0.1) is 0 Å². The van der Waals surface area contributed by atoms with Crippen LogP contribution in [0.3, 0.4) is 0 Å². The molecule has 5 N–H and O–H groups in total. The van der Waals surface area contributed by atoms with Crippen molar-refractivity contribution in [2.45, 2.75) is 40.2 Å². The van der Waals surface area contributed by atoms with Gasteiger partial charge in [0.1, 0.15) is 0 Å². The number of hydrogen-bond acceptors (Lipinski definition) is 2. The lowest BCUT2D eigenvalue weighted by atomic mass is 9.80. The molecule has 2 nitrogen and oxygen atoms in total. The fourth-order valence-electron chi connectivity index (χ4n) is 0.667. The van der Waals surface area contributed by atoms with Crippen LogP contribution >= 0.6 is 0 Å². The van der Waals surface area contributed by atoms with Crippen LogP contribution in [0.5, 0.6) is 0 Å². The average Bonchev–Trinajstić information content (AvgIpc) is 1.65. The van der Waals surface area contributed by atoms with E-state index in [2.05, 4.69) is 34.6 Å². The molecule has 0 radical (unpaired) electrons. The molecule has 0 atom stereocenters. The van der Waals surface area contributed by atoms with Crippen LogP contribution in [0.1, 0.15) is 34.6 Å². The van der Waals surface area contributed by atoms with Gasteiger partial charge in [-0.3, -0.25) is 0 Å². The van der Waals surface area contributed by atoms with E-state index in [0.717, 1.165) is 0 Å². The highest BCUT2D eigenvalue weighted by Crippen LogP contribution is 2.21. The summed E-state index contributed by atoms with van der Waals surface area (Å²) in [6.45, 7) is 10.8. The molecule has 0 aromatic heterocycles. The van der Waals surface area contributed by atoms with Crippen molar-refractivity contribution in [2.24, 2.45) is 17.6 Å². The van der Waals surface area contributed by atoms with Gasteiger partial charge in [0.05, 0.1) is 0 Å². The Morgan fingerprint density at radius 2 is 1.20 bits per heavy atom. The summed E-state index contributed by atoms with van der Waals surface area (Å²) in [6.07, 6.45) is 0. The van der Waals surface area contributed by atoms with Crippen LogP contribution in [-0.2, 0) is 0 Å². The van der Waals surface area contributed by atoms with Crippen molar-refractivity contribution < 1.29 is 0 Å². The largest absolute Gasteiger partial charge is 0.344 e. The van der Waals surface area contributed by atoms with Crippen LogP contribution in [0.25, 0.3) is 0 Å². The van der Waals surface area contributed by atoms with Gasteiger partial charge in [-0.2, -0.15) is 0 Å². The molecule has 0 unspecified atom stereocenters. The van der Waals surface area contributed by atoms with Crippen molar-refractivity contribution >= 4 is 0 Å². The first-order valence-electron chi connectivity index (χ1n) is 3.68. The summed E-state index contributed by atoms with van der Waals surface area (Å²) >= 11 is 0. The van der Waals surface area contributed by atoms with Gasteiger partial charge in [-0.1, -0.05) is 27.7 Å². The zero-order valence-corrected chi connectivity index (χ0v) is 7.94. The van der Waals surface area contributed by atoms with Crippen LogP contribution in [0.15, 0.2) is 0 Å². The van der Waals surface area contributed by atoms with E-state index in [9.17, 15) is 0 Å².